The first-order valence-corrected chi connectivity index (χ1v) is 6.30. The standard InChI is InChI=1S/C12H17F3N2O3/c1-2-3-9(10(18)19)16-11(20)17-6-4-8(5-7-17)12(13,14)15/h4,9H,2-3,5-7H2,1H3,(H,16,20)(H,18,19). The SMILES string of the molecule is CCCC(NC(=O)N1CC=C(C(F)(F)F)CC1)C(=O)O. The average Bonchev–Trinajstić information content (AvgIpc) is 2.37. The minimum Gasteiger partial charge on any atom is -0.480 e. The van der Waals surface area contributed by atoms with Crippen LogP contribution in [0.1, 0.15) is 26.2 Å². The van der Waals surface area contributed by atoms with Gasteiger partial charge in [0.15, 0.2) is 0 Å². The number of carboxylic acid groups (broad SMARTS) is 1. The number of nitrogens with one attached hydrogen (secondary N) is 1. The Morgan fingerprint density at radius 2 is 2.15 bits per heavy atom. The second-order valence-electron chi connectivity index (χ2n) is 4.55. The first kappa shape index (κ1) is 16.3. The number of rotatable bonds is 4. The van der Waals surface area contributed by atoms with E-state index in [0.29, 0.717) is 6.42 Å². The van der Waals surface area contributed by atoms with Gasteiger partial charge in [0.05, 0.1) is 0 Å². The molecule has 2 amide bonds. The quantitative estimate of drug-likeness (QED) is 0.780. The maximum absolute atomic E-state index is 12.4. The number of carbonyl (C=O) groups is 2. The number of nitrogens with zero attached hydrogens (tertiary/aromatic N) is 1. The lowest BCUT2D eigenvalue weighted by Crippen LogP contribution is -2.49. The first-order valence-electron chi connectivity index (χ1n) is 6.30. The van der Waals surface area contributed by atoms with Gasteiger partial charge in [-0.25, -0.2) is 9.59 Å². The summed E-state index contributed by atoms with van der Waals surface area (Å²) in [5.74, 6) is -1.15. The zero-order valence-corrected chi connectivity index (χ0v) is 11.0. The van der Waals surface area contributed by atoms with Crippen LogP contribution in [0.5, 0.6) is 0 Å². The number of alkyl halides is 3. The molecule has 0 radical (unpaired) electrons. The van der Waals surface area contributed by atoms with Gasteiger partial charge in [0, 0.05) is 18.7 Å². The molecule has 1 aliphatic heterocycles. The van der Waals surface area contributed by atoms with E-state index < -0.39 is 29.8 Å². The van der Waals surface area contributed by atoms with Crippen molar-refractivity contribution in [1.29, 1.82) is 0 Å². The third-order valence-electron chi connectivity index (χ3n) is 3.03. The Balaban J connectivity index is 2.58. The van der Waals surface area contributed by atoms with Gasteiger partial charge in [-0.15, -0.1) is 0 Å². The number of amides is 2. The predicted octanol–water partition coefficient (Wildman–Crippen LogP) is 2.14. The smallest absolute Gasteiger partial charge is 0.412 e. The zero-order chi connectivity index (χ0) is 15.3. The number of halogens is 3. The molecular formula is C12H17F3N2O3. The molecule has 5 nitrogen and oxygen atoms in total. The minimum absolute atomic E-state index is 0.0738. The summed E-state index contributed by atoms with van der Waals surface area (Å²) >= 11 is 0. The maximum Gasteiger partial charge on any atom is 0.412 e. The zero-order valence-electron chi connectivity index (χ0n) is 11.0. The number of aliphatic carboxylic acids is 1. The molecular weight excluding hydrogens is 277 g/mol. The van der Waals surface area contributed by atoms with Crippen molar-refractivity contribution in [2.75, 3.05) is 13.1 Å². The van der Waals surface area contributed by atoms with Gasteiger partial charge < -0.3 is 15.3 Å². The fraction of sp³-hybridized carbons (Fsp3) is 0.667. The Morgan fingerprint density at radius 3 is 2.55 bits per heavy atom. The van der Waals surface area contributed by atoms with Crippen LogP contribution in [0.2, 0.25) is 0 Å². The van der Waals surface area contributed by atoms with Gasteiger partial charge in [0.2, 0.25) is 0 Å². The van der Waals surface area contributed by atoms with Crippen molar-refractivity contribution in [3.05, 3.63) is 11.6 Å². The molecule has 1 aliphatic rings. The third kappa shape index (κ3) is 4.43. The molecule has 0 spiro atoms. The van der Waals surface area contributed by atoms with Crippen molar-refractivity contribution in [3.8, 4) is 0 Å². The van der Waals surface area contributed by atoms with Crippen molar-refractivity contribution >= 4 is 12.0 Å². The first-order chi connectivity index (χ1) is 9.25. The summed E-state index contributed by atoms with van der Waals surface area (Å²) in [6.45, 7) is 1.54. The molecule has 0 saturated carbocycles. The van der Waals surface area contributed by atoms with Crippen molar-refractivity contribution in [3.63, 3.8) is 0 Å². The summed E-state index contributed by atoms with van der Waals surface area (Å²) in [4.78, 5) is 23.8. The van der Waals surface area contributed by atoms with Gasteiger partial charge in [-0.3, -0.25) is 0 Å². The van der Waals surface area contributed by atoms with E-state index in [1.54, 1.807) is 6.92 Å². The fourth-order valence-corrected chi connectivity index (χ4v) is 1.90. The Bertz CT molecular complexity index is 407. The van der Waals surface area contributed by atoms with Gasteiger partial charge in [0.25, 0.3) is 0 Å². The summed E-state index contributed by atoms with van der Waals surface area (Å²) in [5.41, 5.74) is -0.648. The van der Waals surface area contributed by atoms with Crippen LogP contribution in [0, 0.1) is 0 Å². The molecule has 1 heterocycles. The second kappa shape index (κ2) is 6.62. The van der Waals surface area contributed by atoms with E-state index in [-0.39, 0.29) is 25.9 Å². The molecule has 0 aromatic carbocycles. The van der Waals surface area contributed by atoms with Crippen LogP contribution < -0.4 is 5.32 Å². The molecule has 0 aromatic heterocycles. The highest BCUT2D eigenvalue weighted by Gasteiger charge is 2.35. The van der Waals surface area contributed by atoms with Gasteiger partial charge in [0.1, 0.15) is 6.04 Å². The number of urea groups is 1. The van der Waals surface area contributed by atoms with E-state index in [4.69, 9.17) is 5.11 Å². The van der Waals surface area contributed by atoms with Gasteiger partial charge >= 0.3 is 18.2 Å². The lowest BCUT2D eigenvalue weighted by atomic mass is 10.1. The highest BCUT2D eigenvalue weighted by atomic mass is 19.4. The van der Waals surface area contributed by atoms with Crippen LogP contribution in [0.25, 0.3) is 0 Å². The predicted molar refractivity (Wildman–Crippen MR) is 65.2 cm³/mol. The highest BCUT2D eigenvalue weighted by molar-refractivity contribution is 5.82. The van der Waals surface area contributed by atoms with Gasteiger partial charge in [-0.05, 0) is 12.8 Å². The van der Waals surface area contributed by atoms with Crippen LogP contribution in [-0.4, -0.2) is 47.3 Å². The molecule has 20 heavy (non-hydrogen) atoms. The molecule has 0 bridgehead atoms. The monoisotopic (exact) mass is 294 g/mol. The Hall–Kier alpha value is -1.73. The highest BCUT2D eigenvalue weighted by Crippen LogP contribution is 2.30. The average molecular weight is 294 g/mol. The van der Waals surface area contributed by atoms with Crippen molar-refractivity contribution < 1.29 is 27.9 Å². The topological polar surface area (TPSA) is 69.6 Å². The number of hydrogen-bond donors (Lipinski definition) is 2. The summed E-state index contributed by atoms with van der Waals surface area (Å²) in [6.07, 6.45) is -2.83. The number of hydrogen-bond acceptors (Lipinski definition) is 2. The lowest BCUT2D eigenvalue weighted by molar-refractivity contribution is -0.139. The lowest BCUT2D eigenvalue weighted by Gasteiger charge is -2.28. The molecule has 114 valence electrons. The van der Waals surface area contributed by atoms with E-state index in [0.717, 1.165) is 6.08 Å². The fourth-order valence-electron chi connectivity index (χ4n) is 1.90. The van der Waals surface area contributed by atoms with E-state index in [2.05, 4.69) is 5.32 Å². The van der Waals surface area contributed by atoms with E-state index in [1.165, 1.54) is 4.90 Å². The van der Waals surface area contributed by atoms with E-state index in [9.17, 15) is 22.8 Å². The molecule has 1 atom stereocenters. The normalized spacial score (nSPS) is 17.4. The molecule has 0 saturated heterocycles. The largest absolute Gasteiger partial charge is 0.480 e. The van der Waals surface area contributed by atoms with Crippen molar-refractivity contribution in [1.82, 2.24) is 10.2 Å². The summed E-state index contributed by atoms with van der Waals surface area (Å²) in [6, 6.07) is -1.66. The molecule has 1 rings (SSSR count). The van der Waals surface area contributed by atoms with Crippen LogP contribution >= 0.6 is 0 Å². The number of carbonyl (C=O) groups excluding carboxylic acids is 1. The third-order valence-corrected chi connectivity index (χ3v) is 3.03. The molecule has 0 aromatic rings. The Labute approximate surface area is 114 Å². The molecule has 2 N–H and O–H groups in total. The molecule has 1 unspecified atom stereocenters. The Morgan fingerprint density at radius 1 is 1.50 bits per heavy atom. The van der Waals surface area contributed by atoms with Crippen LogP contribution in [-0.2, 0) is 4.79 Å². The minimum atomic E-state index is -4.37. The molecule has 8 heteroatoms. The second-order valence-corrected chi connectivity index (χ2v) is 4.55. The van der Waals surface area contributed by atoms with E-state index in [1.807, 2.05) is 0 Å². The summed E-state index contributed by atoms with van der Waals surface area (Å²) < 4.78 is 37.3. The van der Waals surface area contributed by atoms with Gasteiger partial charge in [-0.1, -0.05) is 19.4 Å². The van der Waals surface area contributed by atoms with E-state index >= 15 is 0 Å². The molecule has 0 aliphatic carbocycles. The maximum atomic E-state index is 12.4. The van der Waals surface area contributed by atoms with Crippen LogP contribution in [0.4, 0.5) is 18.0 Å². The summed E-state index contributed by atoms with van der Waals surface area (Å²) in [7, 11) is 0. The molecule has 0 fully saturated rings. The van der Waals surface area contributed by atoms with Crippen molar-refractivity contribution in [2.45, 2.75) is 38.4 Å². The van der Waals surface area contributed by atoms with Crippen molar-refractivity contribution in [2.24, 2.45) is 0 Å². The van der Waals surface area contributed by atoms with Crippen LogP contribution in [0.15, 0.2) is 11.6 Å². The van der Waals surface area contributed by atoms with Crippen LogP contribution in [0.3, 0.4) is 0 Å². The Kier molecular flexibility index (Phi) is 5.41. The summed E-state index contributed by atoms with van der Waals surface area (Å²) in [5, 5.41) is 11.2. The van der Waals surface area contributed by atoms with Gasteiger partial charge in [-0.2, -0.15) is 13.2 Å². The number of carboxylic acids is 1.